The standard InChI is InChI=1S/C15H21N3OS/c1-19-14-9-7-13(8-10-14)17-15(20)18-16-11-12-5-3-2-4-6-12/h7-12H,2-6H2,1H3,(H2,17,18,20)/b16-11-. The van der Waals surface area contributed by atoms with Gasteiger partial charge in [-0.3, -0.25) is 5.43 Å². The van der Waals surface area contributed by atoms with E-state index in [1.807, 2.05) is 30.5 Å². The van der Waals surface area contributed by atoms with Crippen LogP contribution in [0.25, 0.3) is 0 Å². The first kappa shape index (κ1) is 14.8. The highest BCUT2D eigenvalue weighted by molar-refractivity contribution is 7.80. The Kier molecular flexibility index (Phi) is 5.80. The van der Waals surface area contributed by atoms with Gasteiger partial charge in [-0.25, -0.2) is 0 Å². The summed E-state index contributed by atoms with van der Waals surface area (Å²) >= 11 is 5.20. The van der Waals surface area contributed by atoms with Crippen LogP contribution in [0, 0.1) is 5.92 Å². The van der Waals surface area contributed by atoms with E-state index in [0.717, 1.165) is 11.4 Å². The van der Waals surface area contributed by atoms with Crippen LogP contribution in [0.2, 0.25) is 0 Å². The Hall–Kier alpha value is -1.62. The number of rotatable bonds is 4. The van der Waals surface area contributed by atoms with E-state index in [0.29, 0.717) is 11.0 Å². The number of anilines is 1. The van der Waals surface area contributed by atoms with Gasteiger partial charge in [0.2, 0.25) is 0 Å². The summed E-state index contributed by atoms with van der Waals surface area (Å²) in [6, 6.07) is 7.60. The van der Waals surface area contributed by atoms with Crippen LogP contribution in [0.1, 0.15) is 32.1 Å². The van der Waals surface area contributed by atoms with Gasteiger partial charge in [0.1, 0.15) is 5.75 Å². The SMILES string of the molecule is COc1ccc(NC(=S)N/N=C\C2CCCCC2)cc1. The number of hydrogen-bond donors (Lipinski definition) is 2. The molecule has 1 aromatic carbocycles. The number of thiocarbonyl (C=S) groups is 1. The molecule has 0 saturated heterocycles. The fraction of sp³-hybridized carbons (Fsp3) is 0.467. The molecule has 1 saturated carbocycles. The smallest absolute Gasteiger partial charge is 0.191 e. The van der Waals surface area contributed by atoms with E-state index < -0.39 is 0 Å². The Labute approximate surface area is 125 Å². The van der Waals surface area contributed by atoms with Crippen molar-refractivity contribution in [3.05, 3.63) is 24.3 Å². The first-order valence-electron chi connectivity index (χ1n) is 7.02. The van der Waals surface area contributed by atoms with E-state index in [1.165, 1.54) is 32.1 Å². The lowest BCUT2D eigenvalue weighted by molar-refractivity contribution is 0.415. The molecule has 0 radical (unpaired) electrons. The minimum Gasteiger partial charge on any atom is -0.497 e. The second kappa shape index (κ2) is 7.85. The van der Waals surface area contributed by atoms with Crippen LogP contribution in [0.4, 0.5) is 5.69 Å². The number of methoxy groups -OCH3 is 1. The van der Waals surface area contributed by atoms with Crippen LogP contribution in [0.15, 0.2) is 29.4 Å². The van der Waals surface area contributed by atoms with Crippen LogP contribution in [-0.2, 0) is 0 Å². The van der Waals surface area contributed by atoms with E-state index in [1.54, 1.807) is 7.11 Å². The predicted molar refractivity (Wildman–Crippen MR) is 87.4 cm³/mol. The lowest BCUT2D eigenvalue weighted by Gasteiger charge is -2.17. The van der Waals surface area contributed by atoms with Crippen molar-refractivity contribution in [1.82, 2.24) is 5.43 Å². The first-order valence-corrected chi connectivity index (χ1v) is 7.43. The Morgan fingerprint density at radius 3 is 2.60 bits per heavy atom. The summed E-state index contributed by atoms with van der Waals surface area (Å²) in [6.45, 7) is 0. The van der Waals surface area contributed by atoms with Crippen molar-refractivity contribution < 1.29 is 4.74 Å². The summed E-state index contributed by atoms with van der Waals surface area (Å²) in [5, 5.41) is 7.81. The zero-order valence-corrected chi connectivity index (χ0v) is 12.6. The topological polar surface area (TPSA) is 45.6 Å². The van der Waals surface area contributed by atoms with Crippen molar-refractivity contribution in [3.8, 4) is 5.75 Å². The Morgan fingerprint density at radius 2 is 1.95 bits per heavy atom. The van der Waals surface area contributed by atoms with Crippen LogP contribution in [0.5, 0.6) is 5.75 Å². The lowest BCUT2D eigenvalue weighted by atomic mass is 9.90. The van der Waals surface area contributed by atoms with E-state index in [9.17, 15) is 0 Å². The molecule has 2 N–H and O–H groups in total. The second-order valence-electron chi connectivity index (χ2n) is 4.97. The van der Waals surface area contributed by atoms with E-state index in [-0.39, 0.29) is 0 Å². The van der Waals surface area contributed by atoms with Crippen molar-refractivity contribution in [2.24, 2.45) is 11.0 Å². The molecule has 0 amide bonds. The Morgan fingerprint density at radius 1 is 1.25 bits per heavy atom. The molecule has 1 aromatic rings. The van der Waals surface area contributed by atoms with Gasteiger partial charge in [-0.2, -0.15) is 5.10 Å². The molecule has 0 aliphatic heterocycles. The van der Waals surface area contributed by atoms with Gasteiger partial charge in [0, 0.05) is 11.9 Å². The molecular weight excluding hydrogens is 270 g/mol. The Bertz CT molecular complexity index is 453. The molecule has 0 unspecified atom stereocenters. The summed E-state index contributed by atoms with van der Waals surface area (Å²) in [7, 11) is 1.65. The van der Waals surface area contributed by atoms with Crippen molar-refractivity contribution in [1.29, 1.82) is 0 Å². The zero-order valence-electron chi connectivity index (χ0n) is 11.8. The zero-order chi connectivity index (χ0) is 14.2. The van der Waals surface area contributed by atoms with Gasteiger partial charge in [0.15, 0.2) is 5.11 Å². The number of hydrazone groups is 1. The normalized spacial score (nSPS) is 16.1. The third-order valence-electron chi connectivity index (χ3n) is 3.45. The van der Waals surface area contributed by atoms with Crippen molar-refractivity contribution in [3.63, 3.8) is 0 Å². The molecule has 4 nitrogen and oxygen atoms in total. The molecule has 1 fully saturated rings. The number of ether oxygens (including phenoxy) is 1. The van der Waals surface area contributed by atoms with Crippen molar-refractivity contribution >= 4 is 29.2 Å². The molecule has 5 heteroatoms. The van der Waals surface area contributed by atoms with Gasteiger partial charge >= 0.3 is 0 Å². The average Bonchev–Trinajstić information content (AvgIpc) is 2.49. The van der Waals surface area contributed by atoms with Gasteiger partial charge < -0.3 is 10.1 Å². The van der Waals surface area contributed by atoms with Crippen molar-refractivity contribution in [2.45, 2.75) is 32.1 Å². The largest absolute Gasteiger partial charge is 0.497 e. The molecule has 108 valence electrons. The van der Waals surface area contributed by atoms with Crippen LogP contribution in [0.3, 0.4) is 0 Å². The Balaban J connectivity index is 1.75. The number of nitrogens with one attached hydrogen (secondary N) is 2. The van der Waals surface area contributed by atoms with Gasteiger partial charge in [-0.15, -0.1) is 0 Å². The van der Waals surface area contributed by atoms with E-state index in [4.69, 9.17) is 17.0 Å². The van der Waals surface area contributed by atoms with Gasteiger partial charge in [-0.1, -0.05) is 19.3 Å². The molecule has 0 heterocycles. The average molecular weight is 291 g/mol. The third kappa shape index (κ3) is 4.81. The lowest BCUT2D eigenvalue weighted by Crippen LogP contribution is -2.24. The number of hydrogen-bond acceptors (Lipinski definition) is 3. The molecule has 2 rings (SSSR count). The highest BCUT2D eigenvalue weighted by Crippen LogP contribution is 2.21. The van der Waals surface area contributed by atoms with Crippen LogP contribution in [-0.4, -0.2) is 18.4 Å². The number of benzene rings is 1. The summed E-state index contributed by atoms with van der Waals surface area (Å²) in [4.78, 5) is 0. The molecule has 0 atom stereocenters. The molecule has 1 aliphatic carbocycles. The molecular formula is C15H21N3OS. The molecule has 0 aromatic heterocycles. The molecule has 20 heavy (non-hydrogen) atoms. The van der Waals surface area contributed by atoms with Crippen LogP contribution < -0.4 is 15.5 Å². The third-order valence-corrected chi connectivity index (χ3v) is 3.64. The summed E-state index contributed by atoms with van der Waals surface area (Å²) < 4.78 is 5.11. The van der Waals surface area contributed by atoms with Gasteiger partial charge in [0.05, 0.1) is 7.11 Å². The highest BCUT2D eigenvalue weighted by atomic mass is 32.1. The number of nitrogens with zero attached hydrogens (tertiary/aromatic N) is 1. The minimum atomic E-state index is 0.502. The van der Waals surface area contributed by atoms with E-state index >= 15 is 0 Å². The molecule has 0 bridgehead atoms. The monoisotopic (exact) mass is 291 g/mol. The van der Waals surface area contributed by atoms with Crippen LogP contribution >= 0.6 is 12.2 Å². The fourth-order valence-electron chi connectivity index (χ4n) is 2.32. The minimum absolute atomic E-state index is 0.502. The second-order valence-corrected chi connectivity index (χ2v) is 5.38. The van der Waals surface area contributed by atoms with Gasteiger partial charge in [-0.05, 0) is 55.2 Å². The predicted octanol–water partition coefficient (Wildman–Crippen LogP) is 3.55. The quantitative estimate of drug-likeness (QED) is 0.506. The maximum Gasteiger partial charge on any atom is 0.191 e. The summed E-state index contributed by atoms with van der Waals surface area (Å²) in [5.74, 6) is 1.42. The molecule has 1 aliphatic rings. The first-order chi connectivity index (χ1) is 9.78. The fourth-order valence-corrected chi connectivity index (χ4v) is 2.49. The highest BCUT2D eigenvalue weighted by Gasteiger charge is 2.10. The van der Waals surface area contributed by atoms with E-state index in [2.05, 4.69) is 15.8 Å². The molecule has 0 spiro atoms. The van der Waals surface area contributed by atoms with Gasteiger partial charge in [0.25, 0.3) is 0 Å². The maximum absolute atomic E-state index is 5.20. The summed E-state index contributed by atoms with van der Waals surface area (Å²) in [6.07, 6.45) is 8.44. The maximum atomic E-state index is 5.20. The summed E-state index contributed by atoms with van der Waals surface area (Å²) in [5.41, 5.74) is 3.78. The van der Waals surface area contributed by atoms with Crippen molar-refractivity contribution in [2.75, 3.05) is 12.4 Å².